The zero-order valence-electron chi connectivity index (χ0n) is 14.4. The van der Waals surface area contributed by atoms with E-state index in [1.165, 1.54) is 6.07 Å². The lowest BCUT2D eigenvalue weighted by molar-refractivity contribution is -0.384. The summed E-state index contributed by atoms with van der Waals surface area (Å²) in [5.74, 6) is -0.447. The summed E-state index contributed by atoms with van der Waals surface area (Å²) in [7, 11) is 0. The Morgan fingerprint density at radius 2 is 1.96 bits per heavy atom. The van der Waals surface area contributed by atoms with E-state index >= 15 is 0 Å². The van der Waals surface area contributed by atoms with Gasteiger partial charge in [-0.25, -0.2) is 0 Å². The van der Waals surface area contributed by atoms with Crippen LogP contribution in [0.4, 0.5) is 11.4 Å². The predicted octanol–water partition coefficient (Wildman–Crippen LogP) is 1.98. The maximum Gasteiger partial charge on any atom is 0.293 e. The first kappa shape index (κ1) is 18.5. The van der Waals surface area contributed by atoms with E-state index in [0.717, 1.165) is 25.7 Å². The van der Waals surface area contributed by atoms with Crippen molar-refractivity contribution >= 4 is 34.6 Å². The van der Waals surface area contributed by atoms with E-state index in [1.54, 1.807) is 12.1 Å². The average Bonchev–Trinajstić information content (AvgIpc) is 3.14. The highest BCUT2D eigenvalue weighted by atomic mass is 32.1. The Labute approximate surface area is 157 Å². The van der Waals surface area contributed by atoms with Gasteiger partial charge < -0.3 is 15.0 Å². The standard InChI is InChI=1S/C17H22N4O4S/c22-16(19-17(26)18-13-3-1-2-4-13)12-5-6-14(15(11-12)21(23)24)20-7-9-25-10-8-20/h5-6,11,13H,1-4,7-10H2,(H2,18,19,22,26). The second-order valence-corrected chi connectivity index (χ2v) is 6.88. The molecule has 1 heterocycles. The Bertz CT molecular complexity index is 700. The van der Waals surface area contributed by atoms with Gasteiger partial charge in [0.25, 0.3) is 11.6 Å². The van der Waals surface area contributed by atoms with Gasteiger partial charge >= 0.3 is 0 Å². The topological polar surface area (TPSA) is 96.7 Å². The molecule has 1 amide bonds. The molecule has 8 nitrogen and oxygen atoms in total. The number of anilines is 1. The summed E-state index contributed by atoms with van der Waals surface area (Å²) >= 11 is 5.18. The number of amides is 1. The fourth-order valence-electron chi connectivity index (χ4n) is 3.35. The van der Waals surface area contributed by atoms with Crippen LogP contribution >= 0.6 is 12.2 Å². The van der Waals surface area contributed by atoms with E-state index in [-0.39, 0.29) is 16.4 Å². The number of nitro groups is 1. The van der Waals surface area contributed by atoms with Crippen LogP contribution in [-0.2, 0) is 4.74 Å². The molecule has 0 unspecified atom stereocenters. The van der Waals surface area contributed by atoms with Crippen LogP contribution in [0.25, 0.3) is 0 Å². The van der Waals surface area contributed by atoms with Crippen molar-refractivity contribution in [2.45, 2.75) is 31.7 Å². The number of morpholine rings is 1. The zero-order chi connectivity index (χ0) is 18.5. The van der Waals surface area contributed by atoms with Gasteiger partial charge in [-0.1, -0.05) is 12.8 Å². The lowest BCUT2D eigenvalue weighted by atomic mass is 10.1. The van der Waals surface area contributed by atoms with Crippen molar-refractivity contribution in [1.29, 1.82) is 0 Å². The Kier molecular flexibility index (Phi) is 6.00. The number of nitrogens with one attached hydrogen (secondary N) is 2. The molecule has 0 radical (unpaired) electrons. The van der Waals surface area contributed by atoms with Crippen molar-refractivity contribution in [1.82, 2.24) is 10.6 Å². The number of benzene rings is 1. The highest BCUT2D eigenvalue weighted by Gasteiger charge is 2.24. The third-order valence-electron chi connectivity index (χ3n) is 4.70. The van der Waals surface area contributed by atoms with Crippen LogP contribution in [-0.4, -0.2) is 48.3 Å². The van der Waals surface area contributed by atoms with Crippen molar-refractivity contribution in [2.75, 3.05) is 31.2 Å². The van der Waals surface area contributed by atoms with E-state index in [4.69, 9.17) is 17.0 Å². The number of carbonyl (C=O) groups excluding carboxylic acids is 1. The van der Waals surface area contributed by atoms with Gasteiger partial charge in [0.15, 0.2) is 5.11 Å². The van der Waals surface area contributed by atoms with Crippen LogP contribution in [0.5, 0.6) is 0 Å². The van der Waals surface area contributed by atoms with Crippen LogP contribution in [0, 0.1) is 10.1 Å². The third-order valence-corrected chi connectivity index (χ3v) is 4.92. The van der Waals surface area contributed by atoms with Gasteiger partial charge in [-0.3, -0.25) is 20.2 Å². The van der Waals surface area contributed by atoms with Crippen LogP contribution in [0.3, 0.4) is 0 Å². The number of hydrogen-bond donors (Lipinski definition) is 2. The molecule has 3 rings (SSSR count). The number of ether oxygens (including phenoxy) is 1. The minimum absolute atomic E-state index is 0.0887. The molecule has 2 fully saturated rings. The van der Waals surface area contributed by atoms with Gasteiger partial charge in [0.2, 0.25) is 0 Å². The van der Waals surface area contributed by atoms with E-state index in [0.29, 0.717) is 38.0 Å². The monoisotopic (exact) mass is 378 g/mol. The van der Waals surface area contributed by atoms with Gasteiger partial charge in [0.05, 0.1) is 18.1 Å². The fraction of sp³-hybridized carbons (Fsp3) is 0.529. The van der Waals surface area contributed by atoms with Crippen molar-refractivity contribution in [2.24, 2.45) is 0 Å². The van der Waals surface area contributed by atoms with Crippen molar-refractivity contribution < 1.29 is 14.5 Å². The molecule has 140 valence electrons. The Morgan fingerprint density at radius 1 is 1.27 bits per heavy atom. The zero-order valence-corrected chi connectivity index (χ0v) is 15.2. The highest BCUT2D eigenvalue weighted by molar-refractivity contribution is 7.80. The summed E-state index contributed by atoms with van der Waals surface area (Å²) in [6, 6.07) is 4.80. The number of hydrogen-bond acceptors (Lipinski definition) is 6. The molecule has 9 heteroatoms. The van der Waals surface area contributed by atoms with Crippen LogP contribution in [0.2, 0.25) is 0 Å². The molecule has 2 aliphatic rings. The molecule has 2 N–H and O–H groups in total. The van der Waals surface area contributed by atoms with E-state index in [1.807, 2.05) is 4.90 Å². The molecule has 1 aliphatic heterocycles. The molecular weight excluding hydrogens is 356 g/mol. The third kappa shape index (κ3) is 4.47. The minimum atomic E-state index is -0.462. The van der Waals surface area contributed by atoms with Gasteiger partial charge in [0.1, 0.15) is 5.69 Å². The molecule has 0 atom stereocenters. The first-order valence-electron chi connectivity index (χ1n) is 8.77. The molecule has 1 saturated heterocycles. The molecule has 26 heavy (non-hydrogen) atoms. The maximum absolute atomic E-state index is 12.4. The summed E-state index contributed by atoms with van der Waals surface area (Å²) in [6.45, 7) is 2.23. The number of nitro benzene ring substituents is 1. The van der Waals surface area contributed by atoms with Crippen molar-refractivity contribution in [3.8, 4) is 0 Å². The lowest BCUT2D eigenvalue weighted by Crippen LogP contribution is -2.43. The number of carbonyl (C=O) groups is 1. The van der Waals surface area contributed by atoms with Gasteiger partial charge in [0, 0.05) is 30.8 Å². The Morgan fingerprint density at radius 3 is 2.62 bits per heavy atom. The summed E-state index contributed by atoms with van der Waals surface area (Å²) in [6.07, 6.45) is 4.39. The smallest absolute Gasteiger partial charge is 0.293 e. The van der Waals surface area contributed by atoms with Crippen molar-refractivity contribution in [3.63, 3.8) is 0 Å². The summed E-state index contributed by atoms with van der Waals surface area (Å²) in [5.41, 5.74) is 0.625. The van der Waals surface area contributed by atoms with Crippen LogP contribution < -0.4 is 15.5 Å². The second-order valence-electron chi connectivity index (χ2n) is 6.47. The Balaban J connectivity index is 1.70. The maximum atomic E-state index is 12.4. The van der Waals surface area contributed by atoms with E-state index in [9.17, 15) is 14.9 Å². The summed E-state index contributed by atoms with van der Waals surface area (Å²) in [4.78, 5) is 25.3. The first-order valence-corrected chi connectivity index (χ1v) is 9.18. The van der Waals surface area contributed by atoms with Gasteiger partial charge in [-0.15, -0.1) is 0 Å². The Hall–Kier alpha value is -2.26. The lowest BCUT2D eigenvalue weighted by Gasteiger charge is -2.28. The minimum Gasteiger partial charge on any atom is -0.378 e. The summed E-state index contributed by atoms with van der Waals surface area (Å²) in [5, 5.41) is 17.5. The second kappa shape index (κ2) is 8.41. The van der Waals surface area contributed by atoms with Crippen LogP contribution in [0.1, 0.15) is 36.0 Å². The molecule has 0 spiro atoms. The predicted molar refractivity (Wildman–Crippen MR) is 102 cm³/mol. The largest absolute Gasteiger partial charge is 0.378 e. The summed E-state index contributed by atoms with van der Waals surface area (Å²) < 4.78 is 5.28. The van der Waals surface area contributed by atoms with E-state index < -0.39 is 10.8 Å². The average molecular weight is 378 g/mol. The molecule has 1 aromatic carbocycles. The molecule has 0 aromatic heterocycles. The fourth-order valence-corrected chi connectivity index (χ4v) is 3.61. The number of nitrogens with zero attached hydrogens (tertiary/aromatic N) is 2. The first-order chi connectivity index (χ1) is 12.5. The molecule has 0 bridgehead atoms. The molecular formula is C17H22N4O4S. The molecule has 1 aliphatic carbocycles. The SMILES string of the molecule is O=C(NC(=S)NC1CCCC1)c1ccc(N2CCOCC2)c([N+](=O)[O-])c1. The quantitative estimate of drug-likeness (QED) is 0.470. The normalized spacial score (nSPS) is 17.8. The van der Waals surface area contributed by atoms with Gasteiger partial charge in [-0.2, -0.15) is 0 Å². The van der Waals surface area contributed by atoms with Crippen LogP contribution in [0.15, 0.2) is 18.2 Å². The number of rotatable bonds is 4. The number of thiocarbonyl (C=S) groups is 1. The molecule has 1 aromatic rings. The van der Waals surface area contributed by atoms with Gasteiger partial charge in [-0.05, 0) is 37.2 Å². The molecule has 1 saturated carbocycles. The van der Waals surface area contributed by atoms with E-state index in [2.05, 4.69) is 10.6 Å². The highest BCUT2D eigenvalue weighted by Crippen LogP contribution is 2.30. The van der Waals surface area contributed by atoms with Crippen molar-refractivity contribution in [3.05, 3.63) is 33.9 Å².